The molecule has 0 saturated carbocycles. The van der Waals surface area contributed by atoms with E-state index in [1.54, 1.807) is 4.90 Å². The van der Waals surface area contributed by atoms with Crippen LogP contribution in [0.4, 0.5) is 0 Å². The fourth-order valence-corrected chi connectivity index (χ4v) is 2.06. The Morgan fingerprint density at radius 2 is 2.07 bits per heavy atom. The SMILES string of the molecule is N=C(N)N1CC[C@@H]2C(=O)NC(=O)[C@H]2C1. The van der Waals surface area contributed by atoms with E-state index in [-0.39, 0.29) is 29.6 Å². The summed E-state index contributed by atoms with van der Waals surface area (Å²) in [6.45, 7) is 0.967. The molecule has 0 aromatic rings. The highest BCUT2D eigenvalue weighted by Gasteiger charge is 2.44. The van der Waals surface area contributed by atoms with Crippen molar-refractivity contribution in [3.8, 4) is 0 Å². The van der Waals surface area contributed by atoms with E-state index < -0.39 is 0 Å². The lowest BCUT2D eigenvalue weighted by Gasteiger charge is -2.32. The molecule has 0 spiro atoms. The summed E-state index contributed by atoms with van der Waals surface area (Å²) < 4.78 is 0. The van der Waals surface area contributed by atoms with Crippen molar-refractivity contribution in [2.75, 3.05) is 13.1 Å². The molecule has 2 aliphatic rings. The topological polar surface area (TPSA) is 99.3 Å². The number of carbonyl (C=O) groups excluding carboxylic acids is 2. The summed E-state index contributed by atoms with van der Waals surface area (Å²) in [4.78, 5) is 24.2. The van der Waals surface area contributed by atoms with Gasteiger partial charge in [-0.15, -0.1) is 0 Å². The maximum absolute atomic E-state index is 11.3. The van der Waals surface area contributed by atoms with Crippen LogP contribution in [-0.4, -0.2) is 35.8 Å². The van der Waals surface area contributed by atoms with Crippen molar-refractivity contribution < 1.29 is 9.59 Å². The molecule has 4 N–H and O–H groups in total. The highest BCUT2D eigenvalue weighted by Crippen LogP contribution is 2.27. The molecule has 2 amide bonds. The number of imide groups is 1. The van der Waals surface area contributed by atoms with E-state index in [1.807, 2.05) is 0 Å². The molecule has 2 aliphatic heterocycles. The van der Waals surface area contributed by atoms with Crippen molar-refractivity contribution >= 4 is 17.8 Å². The molecule has 0 aromatic heterocycles. The Labute approximate surface area is 80.9 Å². The number of nitrogens with zero attached hydrogens (tertiary/aromatic N) is 1. The minimum absolute atomic E-state index is 0.0319. The van der Waals surface area contributed by atoms with E-state index in [4.69, 9.17) is 11.1 Å². The number of rotatable bonds is 0. The number of carbonyl (C=O) groups is 2. The fourth-order valence-electron chi connectivity index (χ4n) is 2.06. The van der Waals surface area contributed by atoms with Gasteiger partial charge in [0.05, 0.1) is 11.8 Å². The van der Waals surface area contributed by atoms with Gasteiger partial charge in [0.25, 0.3) is 0 Å². The number of amides is 2. The Balaban J connectivity index is 2.13. The molecule has 2 heterocycles. The van der Waals surface area contributed by atoms with Crippen molar-refractivity contribution in [1.29, 1.82) is 5.41 Å². The maximum atomic E-state index is 11.3. The third-order valence-corrected chi connectivity index (χ3v) is 2.87. The molecular weight excluding hydrogens is 184 g/mol. The summed E-state index contributed by atoms with van der Waals surface area (Å²) in [5.41, 5.74) is 5.32. The normalized spacial score (nSPS) is 31.3. The van der Waals surface area contributed by atoms with Crippen LogP contribution < -0.4 is 11.1 Å². The molecule has 2 saturated heterocycles. The van der Waals surface area contributed by atoms with E-state index in [2.05, 4.69) is 5.32 Å². The van der Waals surface area contributed by atoms with Crippen LogP contribution in [0.5, 0.6) is 0 Å². The molecule has 2 fully saturated rings. The molecule has 0 aromatic carbocycles. The number of nitrogens with two attached hydrogens (primary N) is 1. The molecule has 0 aliphatic carbocycles. The molecular formula is C8H12N4O2. The van der Waals surface area contributed by atoms with Crippen molar-refractivity contribution in [2.24, 2.45) is 17.6 Å². The van der Waals surface area contributed by atoms with E-state index in [9.17, 15) is 9.59 Å². The number of nitrogens with one attached hydrogen (secondary N) is 2. The maximum Gasteiger partial charge on any atom is 0.232 e. The van der Waals surface area contributed by atoms with E-state index in [0.29, 0.717) is 19.5 Å². The average molecular weight is 196 g/mol. The van der Waals surface area contributed by atoms with Gasteiger partial charge in [0.2, 0.25) is 11.8 Å². The van der Waals surface area contributed by atoms with Gasteiger partial charge in [-0.25, -0.2) is 0 Å². The van der Waals surface area contributed by atoms with Gasteiger partial charge in [0.1, 0.15) is 0 Å². The summed E-state index contributed by atoms with van der Waals surface area (Å²) in [5.74, 6) is -0.969. The Hall–Kier alpha value is -1.59. The van der Waals surface area contributed by atoms with Crippen LogP contribution in [0.25, 0.3) is 0 Å². The Bertz CT molecular complexity index is 314. The number of hydrogen-bond acceptors (Lipinski definition) is 3. The zero-order valence-corrected chi connectivity index (χ0v) is 7.62. The minimum Gasteiger partial charge on any atom is -0.370 e. The third-order valence-electron chi connectivity index (χ3n) is 2.87. The number of hydrogen-bond donors (Lipinski definition) is 3. The average Bonchev–Trinajstić information content (AvgIpc) is 2.42. The van der Waals surface area contributed by atoms with E-state index in [0.717, 1.165) is 0 Å². The second-order valence-corrected chi connectivity index (χ2v) is 3.69. The third kappa shape index (κ3) is 1.23. The van der Waals surface area contributed by atoms with Gasteiger partial charge in [-0.1, -0.05) is 0 Å². The lowest BCUT2D eigenvalue weighted by atomic mass is 9.88. The van der Waals surface area contributed by atoms with Crippen LogP contribution in [0.2, 0.25) is 0 Å². The first kappa shape index (κ1) is 8.98. The number of guanidine groups is 1. The van der Waals surface area contributed by atoms with Gasteiger partial charge in [-0.05, 0) is 6.42 Å². The Kier molecular flexibility index (Phi) is 1.90. The first-order valence-corrected chi connectivity index (χ1v) is 4.53. The van der Waals surface area contributed by atoms with Crippen molar-refractivity contribution in [3.05, 3.63) is 0 Å². The first-order chi connectivity index (χ1) is 6.59. The summed E-state index contributed by atoms with van der Waals surface area (Å²) >= 11 is 0. The molecule has 76 valence electrons. The molecule has 2 atom stereocenters. The van der Waals surface area contributed by atoms with Crippen LogP contribution in [0, 0.1) is 17.2 Å². The van der Waals surface area contributed by atoms with Gasteiger partial charge in [0, 0.05) is 13.1 Å². The van der Waals surface area contributed by atoms with Gasteiger partial charge >= 0.3 is 0 Å². The van der Waals surface area contributed by atoms with Crippen LogP contribution in [0.15, 0.2) is 0 Å². The zero-order valence-electron chi connectivity index (χ0n) is 7.62. The van der Waals surface area contributed by atoms with Gasteiger partial charge < -0.3 is 10.6 Å². The molecule has 0 bridgehead atoms. The molecule has 2 rings (SSSR count). The number of piperidine rings is 1. The van der Waals surface area contributed by atoms with Crippen LogP contribution in [-0.2, 0) is 9.59 Å². The van der Waals surface area contributed by atoms with Gasteiger partial charge in [-0.2, -0.15) is 0 Å². The standard InChI is InChI=1S/C8H12N4O2/c9-8(10)12-2-1-4-5(3-12)7(14)11-6(4)13/h4-5H,1-3H2,(H3,9,10)(H,11,13,14)/t4-,5-/m0/s1. The monoisotopic (exact) mass is 196 g/mol. The largest absolute Gasteiger partial charge is 0.370 e. The second kappa shape index (κ2) is 2.97. The summed E-state index contributed by atoms with van der Waals surface area (Å²) in [5, 5.41) is 9.55. The van der Waals surface area contributed by atoms with Crippen molar-refractivity contribution in [2.45, 2.75) is 6.42 Å². The molecule has 0 unspecified atom stereocenters. The fraction of sp³-hybridized carbons (Fsp3) is 0.625. The van der Waals surface area contributed by atoms with Gasteiger partial charge in [0.15, 0.2) is 5.96 Å². The minimum atomic E-state index is -0.319. The lowest BCUT2D eigenvalue weighted by Crippen LogP contribution is -2.47. The molecule has 6 heteroatoms. The lowest BCUT2D eigenvalue weighted by molar-refractivity contribution is -0.126. The summed E-state index contributed by atoms with van der Waals surface area (Å²) in [6.07, 6.45) is 0.599. The van der Waals surface area contributed by atoms with Crippen molar-refractivity contribution in [3.63, 3.8) is 0 Å². The second-order valence-electron chi connectivity index (χ2n) is 3.69. The van der Waals surface area contributed by atoms with Crippen molar-refractivity contribution in [1.82, 2.24) is 10.2 Å². The van der Waals surface area contributed by atoms with Crippen LogP contribution in [0.3, 0.4) is 0 Å². The molecule has 14 heavy (non-hydrogen) atoms. The first-order valence-electron chi connectivity index (χ1n) is 4.53. The number of fused-ring (bicyclic) bond motifs is 1. The molecule has 0 radical (unpaired) electrons. The van der Waals surface area contributed by atoms with Crippen LogP contribution in [0.1, 0.15) is 6.42 Å². The van der Waals surface area contributed by atoms with Crippen LogP contribution >= 0.6 is 0 Å². The van der Waals surface area contributed by atoms with E-state index >= 15 is 0 Å². The predicted octanol–water partition coefficient (Wildman–Crippen LogP) is -1.53. The quantitative estimate of drug-likeness (QED) is 0.249. The smallest absolute Gasteiger partial charge is 0.232 e. The van der Waals surface area contributed by atoms with E-state index in [1.165, 1.54) is 0 Å². The summed E-state index contributed by atoms with van der Waals surface area (Å²) in [6, 6.07) is 0. The highest BCUT2D eigenvalue weighted by atomic mass is 16.2. The van der Waals surface area contributed by atoms with Gasteiger partial charge in [-0.3, -0.25) is 20.3 Å². The highest BCUT2D eigenvalue weighted by molar-refractivity contribution is 6.05. The Morgan fingerprint density at radius 3 is 2.71 bits per heavy atom. The number of likely N-dealkylation sites (tertiary alicyclic amines) is 1. The summed E-state index contributed by atoms with van der Waals surface area (Å²) in [7, 11) is 0. The molecule has 6 nitrogen and oxygen atoms in total. The Morgan fingerprint density at radius 1 is 1.43 bits per heavy atom. The predicted molar refractivity (Wildman–Crippen MR) is 48.2 cm³/mol. The zero-order chi connectivity index (χ0) is 10.3.